The minimum atomic E-state index is -0.657. The van der Waals surface area contributed by atoms with Gasteiger partial charge in [-0.2, -0.15) is 4.98 Å². The van der Waals surface area contributed by atoms with Crippen LogP contribution in [-0.4, -0.2) is 14.5 Å². The van der Waals surface area contributed by atoms with E-state index in [-0.39, 0.29) is 11.0 Å². The molecule has 0 atom stereocenters. The molecule has 6 nitrogen and oxygen atoms in total. The summed E-state index contributed by atoms with van der Waals surface area (Å²) >= 11 is 5.66. The lowest BCUT2D eigenvalue weighted by Gasteiger charge is -1.98. The van der Waals surface area contributed by atoms with Crippen LogP contribution in [0.4, 0.5) is 0 Å². The minimum absolute atomic E-state index is 0.0550. The van der Waals surface area contributed by atoms with Crippen molar-refractivity contribution in [1.82, 2.24) is 14.5 Å². The van der Waals surface area contributed by atoms with Crippen molar-refractivity contribution >= 4 is 22.7 Å². The maximum atomic E-state index is 11.6. The van der Waals surface area contributed by atoms with Crippen LogP contribution in [0.25, 0.3) is 17.1 Å². The van der Waals surface area contributed by atoms with Gasteiger partial charge in [0.05, 0.1) is 0 Å². The van der Waals surface area contributed by atoms with Gasteiger partial charge in [0, 0.05) is 6.20 Å². The summed E-state index contributed by atoms with van der Waals surface area (Å²) in [6, 6.07) is 7.13. The van der Waals surface area contributed by atoms with E-state index >= 15 is 0 Å². The van der Waals surface area contributed by atoms with Crippen LogP contribution in [0.15, 0.2) is 44.5 Å². The summed E-state index contributed by atoms with van der Waals surface area (Å²) in [5.74, 6) is 0. The largest absolute Gasteiger partial charge is 0.423 e. The minimum Gasteiger partial charge on any atom is -0.423 e. The summed E-state index contributed by atoms with van der Waals surface area (Å²) in [4.78, 5) is 29.0. The molecule has 0 bridgehead atoms. The molecule has 2 heterocycles. The highest BCUT2D eigenvalue weighted by molar-refractivity contribution is 6.30. The first kappa shape index (κ1) is 10.8. The van der Waals surface area contributed by atoms with Crippen LogP contribution in [-0.2, 0) is 0 Å². The molecule has 0 aliphatic rings. The fourth-order valence-corrected chi connectivity index (χ4v) is 1.70. The molecule has 18 heavy (non-hydrogen) atoms. The van der Waals surface area contributed by atoms with Crippen LogP contribution in [0.5, 0.6) is 0 Å². The average molecular weight is 264 g/mol. The lowest BCUT2D eigenvalue weighted by molar-refractivity contribution is 0.553. The van der Waals surface area contributed by atoms with Gasteiger partial charge in [0.25, 0.3) is 5.56 Å². The van der Waals surface area contributed by atoms with Gasteiger partial charge in [-0.25, -0.2) is 9.36 Å². The van der Waals surface area contributed by atoms with Crippen molar-refractivity contribution in [1.29, 1.82) is 0 Å². The van der Waals surface area contributed by atoms with Crippen LogP contribution in [0.2, 0.25) is 5.02 Å². The third kappa shape index (κ3) is 1.63. The van der Waals surface area contributed by atoms with Crippen molar-refractivity contribution in [2.24, 2.45) is 0 Å². The molecule has 0 fully saturated rings. The lowest BCUT2D eigenvalue weighted by atomic mass is 10.3. The molecule has 0 radical (unpaired) electrons. The number of nitrogens with zero attached hydrogens (tertiary/aromatic N) is 2. The van der Waals surface area contributed by atoms with E-state index in [0.717, 1.165) is 4.57 Å². The summed E-state index contributed by atoms with van der Waals surface area (Å²) in [6.45, 7) is 0. The number of fused-ring (bicyclic) bond motifs is 1. The Balaban J connectivity index is 2.29. The molecule has 1 aromatic carbocycles. The summed E-state index contributed by atoms with van der Waals surface area (Å²) in [6.07, 6.45) is 1.17. The zero-order valence-corrected chi connectivity index (χ0v) is 9.64. The predicted molar refractivity (Wildman–Crippen MR) is 65.2 cm³/mol. The number of hydrogen-bond acceptors (Lipinski definition) is 4. The lowest BCUT2D eigenvalue weighted by Crippen LogP contribution is -2.28. The molecule has 0 amide bonds. The topological polar surface area (TPSA) is 80.9 Å². The zero-order valence-electron chi connectivity index (χ0n) is 8.88. The van der Waals surface area contributed by atoms with Gasteiger partial charge in [0.1, 0.15) is 10.5 Å². The van der Waals surface area contributed by atoms with Crippen LogP contribution >= 0.6 is 11.6 Å². The van der Waals surface area contributed by atoms with Crippen molar-refractivity contribution < 1.29 is 4.42 Å². The van der Waals surface area contributed by atoms with Crippen LogP contribution < -0.4 is 11.2 Å². The van der Waals surface area contributed by atoms with Crippen LogP contribution in [0, 0.1) is 0 Å². The Morgan fingerprint density at radius 3 is 2.83 bits per heavy atom. The molecule has 3 rings (SSSR count). The van der Waals surface area contributed by atoms with Crippen LogP contribution in [0.1, 0.15) is 0 Å². The van der Waals surface area contributed by atoms with Gasteiger partial charge in [0.15, 0.2) is 5.58 Å². The highest BCUT2D eigenvalue weighted by Crippen LogP contribution is 2.16. The van der Waals surface area contributed by atoms with Crippen molar-refractivity contribution in [3.63, 3.8) is 0 Å². The van der Waals surface area contributed by atoms with E-state index < -0.39 is 11.2 Å². The fourth-order valence-electron chi connectivity index (χ4n) is 1.55. The molecule has 0 spiro atoms. The van der Waals surface area contributed by atoms with Gasteiger partial charge in [0.2, 0.25) is 0 Å². The molecule has 0 saturated carbocycles. The summed E-state index contributed by atoms with van der Waals surface area (Å²) in [7, 11) is 0. The van der Waals surface area contributed by atoms with Crippen molar-refractivity contribution in [3.8, 4) is 6.01 Å². The quantitative estimate of drug-likeness (QED) is 0.718. The molecule has 7 heteroatoms. The Morgan fingerprint density at radius 2 is 2.06 bits per heavy atom. The maximum Gasteiger partial charge on any atom is 0.336 e. The van der Waals surface area contributed by atoms with Crippen molar-refractivity contribution in [2.75, 3.05) is 0 Å². The zero-order chi connectivity index (χ0) is 12.7. The second-order valence-electron chi connectivity index (χ2n) is 3.57. The number of aromatic amines is 1. The van der Waals surface area contributed by atoms with E-state index in [2.05, 4.69) is 9.97 Å². The van der Waals surface area contributed by atoms with E-state index in [4.69, 9.17) is 16.0 Å². The number of H-pyrrole nitrogens is 1. The van der Waals surface area contributed by atoms with E-state index in [1.165, 1.54) is 6.20 Å². The molecule has 0 aliphatic heterocycles. The van der Waals surface area contributed by atoms with Gasteiger partial charge in [-0.15, -0.1) is 0 Å². The first-order chi connectivity index (χ1) is 8.65. The number of para-hydroxylation sites is 2. The van der Waals surface area contributed by atoms with Crippen LogP contribution in [0.3, 0.4) is 0 Å². The standard InChI is InChI=1S/C11H6ClN3O3/c12-6-5-15(10(17)14-9(6)16)11-13-7-3-1-2-4-8(7)18-11/h1-5H,(H,14,16,17). The first-order valence-corrected chi connectivity index (χ1v) is 5.40. The number of benzene rings is 1. The molecule has 2 aromatic heterocycles. The summed E-state index contributed by atoms with van der Waals surface area (Å²) in [5.41, 5.74) is -0.145. The summed E-state index contributed by atoms with van der Waals surface area (Å²) < 4.78 is 6.45. The molecule has 0 aliphatic carbocycles. The van der Waals surface area contributed by atoms with E-state index in [9.17, 15) is 9.59 Å². The highest BCUT2D eigenvalue weighted by atomic mass is 35.5. The molecule has 0 saturated heterocycles. The van der Waals surface area contributed by atoms with Gasteiger partial charge in [-0.1, -0.05) is 23.7 Å². The first-order valence-electron chi connectivity index (χ1n) is 5.02. The SMILES string of the molecule is O=c1[nH]c(=O)n(-c2nc3ccccc3o2)cc1Cl. The fraction of sp³-hybridized carbons (Fsp3) is 0. The molecule has 90 valence electrons. The van der Waals surface area contributed by atoms with Gasteiger partial charge >= 0.3 is 11.7 Å². The Hall–Kier alpha value is -2.34. The van der Waals surface area contributed by atoms with Crippen molar-refractivity contribution in [3.05, 3.63) is 56.3 Å². The molecule has 3 aromatic rings. The third-order valence-corrected chi connectivity index (χ3v) is 2.66. The Kier molecular flexibility index (Phi) is 2.31. The average Bonchev–Trinajstić information content (AvgIpc) is 2.77. The highest BCUT2D eigenvalue weighted by Gasteiger charge is 2.10. The second kappa shape index (κ2) is 3.85. The molecule has 1 N–H and O–H groups in total. The van der Waals surface area contributed by atoms with Crippen molar-refractivity contribution in [2.45, 2.75) is 0 Å². The van der Waals surface area contributed by atoms with E-state index in [0.29, 0.717) is 11.1 Å². The normalized spacial score (nSPS) is 10.9. The second-order valence-corrected chi connectivity index (χ2v) is 3.98. The Labute approximate surface area is 104 Å². The molecule has 0 unspecified atom stereocenters. The smallest absolute Gasteiger partial charge is 0.336 e. The number of nitrogens with one attached hydrogen (secondary N) is 1. The molecular weight excluding hydrogens is 258 g/mol. The van der Waals surface area contributed by atoms with Gasteiger partial charge in [-0.3, -0.25) is 9.78 Å². The van der Waals surface area contributed by atoms with E-state index in [1.807, 2.05) is 0 Å². The monoisotopic (exact) mass is 263 g/mol. The predicted octanol–water partition coefficient (Wildman–Crippen LogP) is 1.32. The Morgan fingerprint density at radius 1 is 1.28 bits per heavy atom. The maximum absolute atomic E-state index is 11.6. The number of rotatable bonds is 1. The van der Waals surface area contributed by atoms with E-state index in [1.54, 1.807) is 24.3 Å². The number of oxazole rings is 1. The summed E-state index contributed by atoms with van der Waals surface area (Å²) in [5, 5.41) is -0.114. The number of halogens is 1. The van der Waals surface area contributed by atoms with Gasteiger partial charge in [-0.05, 0) is 12.1 Å². The third-order valence-electron chi connectivity index (χ3n) is 2.39. The van der Waals surface area contributed by atoms with Gasteiger partial charge < -0.3 is 4.42 Å². The molecular formula is C11H6ClN3O3. The number of hydrogen-bond donors (Lipinski definition) is 1. The number of aromatic nitrogens is 3. The Bertz CT molecular complexity index is 813.